The molecule has 0 bridgehead atoms. The summed E-state index contributed by atoms with van der Waals surface area (Å²) in [6.45, 7) is 1.48. The average molecular weight is 306 g/mol. The molecule has 2 aromatic rings. The van der Waals surface area contributed by atoms with Crippen molar-refractivity contribution in [2.24, 2.45) is 0 Å². The molecule has 3 atom stereocenters. The van der Waals surface area contributed by atoms with Gasteiger partial charge >= 0.3 is 0 Å². The van der Waals surface area contributed by atoms with Gasteiger partial charge < -0.3 is 0 Å². The molecule has 1 saturated heterocycles. The molecule has 2 aromatic carbocycles. The summed E-state index contributed by atoms with van der Waals surface area (Å²) >= 11 is 0. The highest BCUT2D eigenvalue weighted by Crippen LogP contribution is 2.47. The molecule has 0 spiro atoms. The normalized spacial score (nSPS) is 25.4. The number of nitrogens with zero attached hydrogens (tertiary/aromatic N) is 2. The van der Waals surface area contributed by atoms with Crippen LogP contribution >= 0.6 is 0 Å². The Balaban J connectivity index is 1.72. The highest BCUT2D eigenvalue weighted by molar-refractivity contribution is 6.21. The van der Waals surface area contributed by atoms with Crippen molar-refractivity contribution in [3.05, 3.63) is 71.3 Å². The van der Waals surface area contributed by atoms with E-state index < -0.39 is 6.04 Å². The molecule has 2 amide bonds. The minimum atomic E-state index is -0.473. The van der Waals surface area contributed by atoms with E-state index in [2.05, 4.69) is 0 Å². The summed E-state index contributed by atoms with van der Waals surface area (Å²) < 4.78 is 0. The predicted octanol–water partition coefficient (Wildman–Crippen LogP) is 2.21. The molecule has 0 saturated carbocycles. The van der Waals surface area contributed by atoms with Crippen LogP contribution in [0.5, 0.6) is 0 Å². The fourth-order valence-electron chi connectivity index (χ4n) is 3.25. The van der Waals surface area contributed by atoms with Crippen molar-refractivity contribution in [1.29, 1.82) is 0 Å². The van der Waals surface area contributed by atoms with E-state index in [0.29, 0.717) is 11.1 Å². The van der Waals surface area contributed by atoms with Crippen molar-refractivity contribution in [2.75, 3.05) is 0 Å². The summed E-state index contributed by atoms with van der Waals surface area (Å²) in [6, 6.07) is 15.4. The fraction of sp³-hybridized carbons (Fsp3) is 0.167. The lowest BCUT2D eigenvalue weighted by Crippen LogP contribution is -2.37. The zero-order chi connectivity index (χ0) is 16.1. The molecule has 0 aliphatic carbocycles. The first-order valence-electron chi connectivity index (χ1n) is 7.42. The van der Waals surface area contributed by atoms with Crippen LogP contribution in [0, 0.1) is 0 Å². The third-order valence-electron chi connectivity index (χ3n) is 4.34. The second-order valence-corrected chi connectivity index (χ2v) is 5.76. The van der Waals surface area contributed by atoms with E-state index in [1.165, 1.54) is 6.92 Å². The summed E-state index contributed by atoms with van der Waals surface area (Å²) in [5, 5.41) is 2.71. The number of hydrazine groups is 1. The molecule has 5 heteroatoms. The van der Waals surface area contributed by atoms with Crippen LogP contribution in [0.25, 0.3) is 0 Å². The molecule has 3 unspecified atom stereocenters. The predicted molar refractivity (Wildman–Crippen MR) is 82.4 cm³/mol. The third kappa shape index (κ3) is 1.94. The van der Waals surface area contributed by atoms with Crippen LogP contribution in [0.2, 0.25) is 0 Å². The van der Waals surface area contributed by atoms with Gasteiger partial charge in [0.05, 0.1) is 17.2 Å². The number of imide groups is 1. The Morgan fingerprint density at radius 1 is 0.870 bits per heavy atom. The van der Waals surface area contributed by atoms with Gasteiger partial charge in [-0.2, -0.15) is 5.01 Å². The zero-order valence-electron chi connectivity index (χ0n) is 12.5. The maximum Gasteiger partial charge on any atom is 0.276 e. The molecule has 2 heterocycles. The maximum absolute atomic E-state index is 12.6. The standard InChI is InChI=1S/C18H14N2O3/c1-11(21)15-16(12-7-3-2-4-8-12)19(15)20-17(22)13-9-5-6-10-14(13)18(20)23/h2-10,15-16H,1H3. The number of carbonyl (C=O) groups is 3. The number of fused-ring (bicyclic) bond motifs is 1. The Hall–Kier alpha value is -2.79. The van der Waals surface area contributed by atoms with Gasteiger partial charge in [0.15, 0.2) is 5.78 Å². The Labute approximate surface area is 133 Å². The molecule has 4 rings (SSSR count). The van der Waals surface area contributed by atoms with Crippen molar-refractivity contribution in [3.63, 3.8) is 0 Å². The Morgan fingerprint density at radius 3 is 1.91 bits per heavy atom. The van der Waals surface area contributed by atoms with E-state index in [-0.39, 0.29) is 23.6 Å². The number of hydrogen-bond donors (Lipinski definition) is 0. The SMILES string of the molecule is CC(=O)C1C(c2ccccc2)N1N1C(=O)c2ccccc2C1=O. The Bertz CT molecular complexity index is 796. The van der Waals surface area contributed by atoms with Gasteiger partial charge in [-0.25, -0.2) is 5.01 Å². The van der Waals surface area contributed by atoms with Crippen LogP contribution in [0.1, 0.15) is 39.2 Å². The minimum Gasteiger partial charge on any atom is -0.298 e. The van der Waals surface area contributed by atoms with Crippen molar-refractivity contribution < 1.29 is 14.4 Å². The third-order valence-corrected chi connectivity index (χ3v) is 4.34. The molecular weight excluding hydrogens is 292 g/mol. The summed E-state index contributed by atoms with van der Waals surface area (Å²) in [5.41, 5.74) is 1.70. The van der Waals surface area contributed by atoms with Gasteiger partial charge in [-0.3, -0.25) is 14.4 Å². The highest BCUT2D eigenvalue weighted by Gasteiger charge is 2.59. The van der Waals surface area contributed by atoms with Crippen molar-refractivity contribution >= 4 is 17.6 Å². The van der Waals surface area contributed by atoms with Crippen LogP contribution < -0.4 is 0 Å². The molecule has 0 aromatic heterocycles. The second-order valence-electron chi connectivity index (χ2n) is 5.76. The molecule has 23 heavy (non-hydrogen) atoms. The van der Waals surface area contributed by atoms with Gasteiger partial charge in [-0.1, -0.05) is 42.5 Å². The lowest BCUT2D eigenvalue weighted by atomic mass is 10.1. The summed E-state index contributed by atoms with van der Waals surface area (Å²) in [4.78, 5) is 37.1. The minimum absolute atomic E-state index is 0.0598. The van der Waals surface area contributed by atoms with Crippen LogP contribution in [0.15, 0.2) is 54.6 Å². The first kappa shape index (κ1) is 13.8. The Kier molecular flexibility index (Phi) is 2.92. The van der Waals surface area contributed by atoms with Gasteiger partial charge in [-0.05, 0) is 24.6 Å². The van der Waals surface area contributed by atoms with E-state index in [1.807, 2.05) is 30.3 Å². The number of benzene rings is 2. The molecule has 1 fully saturated rings. The summed E-state index contributed by atoms with van der Waals surface area (Å²) in [6.07, 6.45) is 0. The maximum atomic E-state index is 12.6. The zero-order valence-corrected chi connectivity index (χ0v) is 12.5. The van der Waals surface area contributed by atoms with Crippen molar-refractivity contribution in [1.82, 2.24) is 10.0 Å². The van der Waals surface area contributed by atoms with Crippen molar-refractivity contribution in [3.8, 4) is 0 Å². The van der Waals surface area contributed by atoms with Crippen molar-refractivity contribution in [2.45, 2.75) is 19.0 Å². The number of Topliss-reactive ketones (excluding diaryl/α,β-unsaturated/α-hetero) is 1. The van der Waals surface area contributed by atoms with E-state index in [4.69, 9.17) is 0 Å². The molecule has 0 radical (unpaired) electrons. The molecule has 5 nitrogen and oxygen atoms in total. The molecular formula is C18H14N2O3. The average Bonchev–Trinajstić information content (AvgIpc) is 3.25. The van der Waals surface area contributed by atoms with Crippen LogP contribution in [-0.2, 0) is 4.79 Å². The fourth-order valence-corrected chi connectivity index (χ4v) is 3.25. The van der Waals surface area contributed by atoms with Gasteiger partial charge in [0.1, 0.15) is 6.04 Å². The summed E-state index contributed by atoms with van der Waals surface area (Å²) in [5.74, 6) is -0.791. The highest BCUT2D eigenvalue weighted by atomic mass is 16.2. The van der Waals surface area contributed by atoms with E-state index in [9.17, 15) is 14.4 Å². The number of amides is 2. The smallest absolute Gasteiger partial charge is 0.276 e. The van der Waals surface area contributed by atoms with Crippen LogP contribution in [0.4, 0.5) is 0 Å². The summed E-state index contributed by atoms with van der Waals surface area (Å²) in [7, 11) is 0. The van der Waals surface area contributed by atoms with Gasteiger partial charge in [-0.15, -0.1) is 0 Å². The number of carbonyl (C=O) groups excluding carboxylic acids is 3. The van der Waals surface area contributed by atoms with Gasteiger partial charge in [0.25, 0.3) is 11.8 Å². The molecule has 0 N–H and O–H groups in total. The van der Waals surface area contributed by atoms with Gasteiger partial charge in [0.2, 0.25) is 0 Å². The molecule has 2 aliphatic heterocycles. The topological polar surface area (TPSA) is 57.5 Å². The van der Waals surface area contributed by atoms with Crippen LogP contribution in [-0.4, -0.2) is 33.7 Å². The first-order valence-corrected chi connectivity index (χ1v) is 7.42. The molecule has 2 aliphatic rings. The number of hydrogen-bond acceptors (Lipinski definition) is 4. The largest absolute Gasteiger partial charge is 0.298 e. The number of rotatable bonds is 3. The lowest BCUT2D eigenvalue weighted by molar-refractivity contribution is -0.117. The number of ketones is 1. The van der Waals surface area contributed by atoms with E-state index in [1.54, 1.807) is 29.3 Å². The Morgan fingerprint density at radius 2 is 1.39 bits per heavy atom. The first-order chi connectivity index (χ1) is 11.1. The monoisotopic (exact) mass is 306 g/mol. The molecule has 114 valence electrons. The lowest BCUT2D eigenvalue weighted by Gasteiger charge is -2.16. The van der Waals surface area contributed by atoms with E-state index >= 15 is 0 Å². The van der Waals surface area contributed by atoms with Crippen LogP contribution in [0.3, 0.4) is 0 Å². The quantitative estimate of drug-likeness (QED) is 0.644. The van der Waals surface area contributed by atoms with Gasteiger partial charge in [0, 0.05) is 0 Å². The van der Waals surface area contributed by atoms with E-state index in [0.717, 1.165) is 10.6 Å². The second kappa shape index (κ2) is 4.86.